The van der Waals surface area contributed by atoms with Gasteiger partial charge in [0.2, 0.25) is 0 Å². The van der Waals surface area contributed by atoms with Crippen LogP contribution in [0.15, 0.2) is 58.8 Å². The summed E-state index contributed by atoms with van der Waals surface area (Å²) in [4.78, 5) is 18.0. The molecule has 162 valence electrons. The summed E-state index contributed by atoms with van der Waals surface area (Å²) in [5.41, 5.74) is 4.76. The maximum Gasteiger partial charge on any atom is 0.168 e. The minimum absolute atomic E-state index is 0.0420. The van der Waals surface area contributed by atoms with Crippen molar-refractivity contribution in [3.63, 3.8) is 0 Å². The quantitative estimate of drug-likeness (QED) is 0.671. The van der Waals surface area contributed by atoms with Crippen LogP contribution in [0.1, 0.15) is 48.8 Å². The van der Waals surface area contributed by atoms with Crippen LogP contribution >= 0.6 is 0 Å². The van der Waals surface area contributed by atoms with Gasteiger partial charge in [-0.3, -0.25) is 9.79 Å². The summed E-state index contributed by atoms with van der Waals surface area (Å²) < 4.78 is 10.7. The highest BCUT2D eigenvalue weighted by atomic mass is 16.5. The minimum Gasteiger partial charge on any atom is -0.511 e. The van der Waals surface area contributed by atoms with Gasteiger partial charge in [-0.25, -0.2) is 0 Å². The number of aliphatic hydroxyl groups is 1. The Morgan fingerprint density at radius 3 is 2.26 bits per heavy atom. The number of ether oxygens (including phenoxy) is 2. The molecule has 5 nitrogen and oxygen atoms in total. The molecule has 4 rings (SSSR count). The molecular formula is C26H29NO4. The van der Waals surface area contributed by atoms with Crippen LogP contribution in [0, 0.1) is 0 Å². The van der Waals surface area contributed by atoms with E-state index in [9.17, 15) is 9.90 Å². The lowest BCUT2D eigenvalue weighted by Gasteiger charge is -2.25. The SMILES string of the molecule is CCC(=NC1Cc2ccccc2C1)C1=C(O)CC(c2ccc(OC)c(OC)c2)CC1=O. The zero-order valence-corrected chi connectivity index (χ0v) is 18.4. The Balaban J connectivity index is 1.57. The molecule has 2 aromatic rings. The zero-order chi connectivity index (χ0) is 22.0. The van der Waals surface area contributed by atoms with Gasteiger partial charge < -0.3 is 14.6 Å². The Hall–Kier alpha value is -3.08. The average molecular weight is 420 g/mol. The second-order valence-corrected chi connectivity index (χ2v) is 8.22. The van der Waals surface area contributed by atoms with Gasteiger partial charge in [0.15, 0.2) is 17.3 Å². The van der Waals surface area contributed by atoms with Crippen molar-refractivity contribution in [1.29, 1.82) is 0 Å². The first-order valence-corrected chi connectivity index (χ1v) is 10.8. The van der Waals surface area contributed by atoms with Gasteiger partial charge in [-0.15, -0.1) is 0 Å². The molecule has 1 unspecified atom stereocenters. The largest absolute Gasteiger partial charge is 0.511 e. The molecule has 0 saturated heterocycles. The third kappa shape index (κ3) is 4.22. The molecule has 0 bridgehead atoms. The number of nitrogens with zero attached hydrogens (tertiary/aromatic N) is 1. The molecule has 0 aliphatic heterocycles. The number of allylic oxidation sites excluding steroid dienone is 2. The Morgan fingerprint density at radius 2 is 1.68 bits per heavy atom. The number of carbonyl (C=O) groups is 1. The van der Waals surface area contributed by atoms with E-state index in [1.165, 1.54) is 11.1 Å². The molecule has 0 aromatic heterocycles. The number of aliphatic hydroxyl groups excluding tert-OH is 1. The summed E-state index contributed by atoms with van der Waals surface area (Å²) in [5, 5.41) is 10.9. The predicted octanol–water partition coefficient (Wildman–Crippen LogP) is 4.98. The van der Waals surface area contributed by atoms with E-state index in [1.807, 2.05) is 25.1 Å². The lowest BCUT2D eigenvalue weighted by molar-refractivity contribution is -0.116. The molecular weight excluding hydrogens is 390 g/mol. The van der Waals surface area contributed by atoms with Gasteiger partial charge in [-0.1, -0.05) is 37.3 Å². The number of rotatable bonds is 6. The number of benzene rings is 2. The van der Waals surface area contributed by atoms with E-state index in [2.05, 4.69) is 24.3 Å². The Kier molecular flexibility index (Phi) is 6.12. The Labute approximate surface area is 183 Å². The van der Waals surface area contributed by atoms with E-state index in [1.54, 1.807) is 14.2 Å². The van der Waals surface area contributed by atoms with Crippen molar-refractivity contribution in [2.45, 2.75) is 51.0 Å². The van der Waals surface area contributed by atoms with Crippen LogP contribution in [0.25, 0.3) is 0 Å². The van der Waals surface area contributed by atoms with Crippen LogP contribution in [0.2, 0.25) is 0 Å². The average Bonchev–Trinajstić information content (AvgIpc) is 3.19. The van der Waals surface area contributed by atoms with Crippen LogP contribution in [0.5, 0.6) is 11.5 Å². The summed E-state index contributed by atoms with van der Waals surface area (Å²) in [7, 11) is 3.19. The molecule has 0 fully saturated rings. The third-order valence-corrected chi connectivity index (χ3v) is 6.31. The van der Waals surface area contributed by atoms with Crippen LogP contribution in [0.4, 0.5) is 0 Å². The smallest absolute Gasteiger partial charge is 0.168 e. The summed E-state index contributed by atoms with van der Waals surface area (Å²) in [6.45, 7) is 1.99. The van der Waals surface area contributed by atoms with E-state index in [-0.39, 0.29) is 23.5 Å². The van der Waals surface area contributed by atoms with Crippen molar-refractivity contribution in [2.75, 3.05) is 14.2 Å². The topological polar surface area (TPSA) is 68.1 Å². The first-order valence-electron chi connectivity index (χ1n) is 10.8. The fourth-order valence-electron chi connectivity index (χ4n) is 4.74. The maximum absolute atomic E-state index is 13.1. The normalized spacial score (nSPS) is 19.5. The van der Waals surface area contributed by atoms with Gasteiger partial charge in [-0.05, 0) is 54.0 Å². The molecule has 2 aliphatic rings. The molecule has 1 N–H and O–H groups in total. The number of fused-ring (bicyclic) bond motifs is 1. The van der Waals surface area contributed by atoms with E-state index in [0.717, 1.165) is 24.1 Å². The number of aliphatic imine (C=N–C) groups is 1. The van der Waals surface area contributed by atoms with Crippen LogP contribution < -0.4 is 9.47 Å². The summed E-state index contributed by atoms with van der Waals surface area (Å²) in [5.74, 6) is 1.28. The van der Waals surface area contributed by atoms with Crippen LogP contribution in [-0.4, -0.2) is 36.9 Å². The van der Waals surface area contributed by atoms with Crippen molar-refractivity contribution in [2.24, 2.45) is 4.99 Å². The number of methoxy groups -OCH3 is 2. The Morgan fingerprint density at radius 1 is 1.00 bits per heavy atom. The van der Waals surface area contributed by atoms with Crippen molar-refractivity contribution in [1.82, 2.24) is 0 Å². The number of carbonyl (C=O) groups excluding carboxylic acids is 1. The maximum atomic E-state index is 13.1. The van der Waals surface area contributed by atoms with Gasteiger partial charge in [0.05, 0.1) is 25.8 Å². The minimum atomic E-state index is -0.0927. The van der Waals surface area contributed by atoms with E-state index < -0.39 is 0 Å². The van der Waals surface area contributed by atoms with E-state index in [0.29, 0.717) is 36.3 Å². The lowest BCUT2D eigenvalue weighted by atomic mass is 9.81. The van der Waals surface area contributed by atoms with Crippen molar-refractivity contribution < 1.29 is 19.4 Å². The molecule has 31 heavy (non-hydrogen) atoms. The van der Waals surface area contributed by atoms with Crippen molar-refractivity contribution >= 4 is 11.5 Å². The standard InChI is InChI=1S/C26H29NO4/c1-4-21(27-20-11-16-7-5-6-8-17(16)12-20)26-22(28)13-19(14-23(26)29)18-9-10-24(30-2)25(15-18)31-3/h5-10,15,19-20,28H,4,11-14H2,1-3H3. The number of Topliss-reactive ketones (excluding diaryl/α,β-unsaturated/α-hetero) is 1. The fourth-order valence-corrected chi connectivity index (χ4v) is 4.74. The van der Waals surface area contributed by atoms with Crippen molar-refractivity contribution in [3.8, 4) is 11.5 Å². The highest BCUT2D eigenvalue weighted by Crippen LogP contribution is 2.38. The highest BCUT2D eigenvalue weighted by Gasteiger charge is 2.32. The first kappa shape index (κ1) is 21.2. The molecule has 0 saturated carbocycles. The van der Waals surface area contributed by atoms with Gasteiger partial charge in [0, 0.05) is 18.6 Å². The van der Waals surface area contributed by atoms with Gasteiger partial charge in [-0.2, -0.15) is 0 Å². The van der Waals surface area contributed by atoms with Crippen LogP contribution in [0.3, 0.4) is 0 Å². The van der Waals surface area contributed by atoms with Crippen LogP contribution in [-0.2, 0) is 17.6 Å². The fraction of sp³-hybridized carbons (Fsp3) is 0.385. The van der Waals surface area contributed by atoms with Crippen molar-refractivity contribution in [3.05, 3.63) is 70.5 Å². The molecule has 5 heteroatoms. The third-order valence-electron chi connectivity index (χ3n) is 6.31. The Bertz CT molecular complexity index is 1030. The monoisotopic (exact) mass is 419 g/mol. The molecule has 0 spiro atoms. The molecule has 1 atom stereocenters. The molecule has 0 heterocycles. The number of ketones is 1. The number of hydrogen-bond acceptors (Lipinski definition) is 5. The molecule has 0 amide bonds. The van der Waals surface area contributed by atoms with E-state index >= 15 is 0 Å². The summed E-state index contributed by atoms with van der Waals surface area (Å²) >= 11 is 0. The van der Waals surface area contributed by atoms with Gasteiger partial charge in [0.1, 0.15) is 5.76 Å². The zero-order valence-electron chi connectivity index (χ0n) is 18.4. The molecule has 2 aliphatic carbocycles. The second kappa shape index (κ2) is 8.96. The lowest BCUT2D eigenvalue weighted by Crippen LogP contribution is -2.25. The van der Waals surface area contributed by atoms with Gasteiger partial charge in [0.25, 0.3) is 0 Å². The van der Waals surface area contributed by atoms with E-state index in [4.69, 9.17) is 14.5 Å². The summed E-state index contributed by atoms with van der Waals surface area (Å²) in [6, 6.07) is 14.2. The summed E-state index contributed by atoms with van der Waals surface area (Å²) in [6.07, 6.45) is 3.16. The molecule has 2 aromatic carbocycles. The first-order chi connectivity index (χ1) is 15.0. The molecule has 0 radical (unpaired) electrons. The number of hydrogen-bond donors (Lipinski definition) is 1. The predicted molar refractivity (Wildman–Crippen MR) is 122 cm³/mol. The van der Waals surface area contributed by atoms with Gasteiger partial charge >= 0.3 is 0 Å². The second-order valence-electron chi connectivity index (χ2n) is 8.22. The highest BCUT2D eigenvalue weighted by molar-refractivity contribution is 6.23.